The molecular weight excluding hydrogens is 313 g/mol. The fourth-order valence-electron chi connectivity index (χ4n) is 2.34. The fraction of sp³-hybridized carbons (Fsp3) is 0.462. The molecule has 1 heterocycles. The maximum Gasteiger partial charge on any atom is 0.231 e. The fourth-order valence-corrected chi connectivity index (χ4v) is 2.68. The van der Waals surface area contributed by atoms with Crippen molar-refractivity contribution in [3.05, 3.63) is 28.0 Å². The summed E-state index contributed by atoms with van der Waals surface area (Å²) in [5, 5.41) is 0. The average Bonchev–Trinajstić information content (AvgIpc) is 2.34. The quantitative estimate of drug-likeness (QED) is 0.914. The van der Waals surface area contributed by atoms with Gasteiger partial charge in [-0.15, -0.1) is 0 Å². The van der Waals surface area contributed by atoms with Crippen LogP contribution < -0.4 is 10.6 Å². The van der Waals surface area contributed by atoms with E-state index in [4.69, 9.17) is 5.73 Å². The molecule has 0 radical (unpaired) electrons. The van der Waals surface area contributed by atoms with E-state index in [2.05, 4.69) is 20.8 Å². The summed E-state index contributed by atoms with van der Waals surface area (Å²) in [6.07, 6.45) is 0. The number of benzene rings is 1. The first-order valence-corrected chi connectivity index (χ1v) is 6.98. The van der Waals surface area contributed by atoms with Crippen LogP contribution in [0.1, 0.15) is 5.56 Å². The van der Waals surface area contributed by atoms with Crippen molar-refractivity contribution < 1.29 is 9.18 Å². The van der Waals surface area contributed by atoms with Crippen LogP contribution in [0.15, 0.2) is 16.6 Å². The van der Waals surface area contributed by atoms with Gasteiger partial charge in [0.15, 0.2) is 0 Å². The van der Waals surface area contributed by atoms with Crippen LogP contribution in [0.4, 0.5) is 10.1 Å². The molecule has 6 heteroatoms. The Kier molecular flexibility index (Phi) is 4.42. The summed E-state index contributed by atoms with van der Waals surface area (Å²) in [5.41, 5.74) is 7.14. The first-order chi connectivity index (χ1) is 8.97. The van der Waals surface area contributed by atoms with E-state index in [1.54, 1.807) is 0 Å². The number of primary amides is 1. The van der Waals surface area contributed by atoms with Gasteiger partial charge < -0.3 is 10.6 Å². The summed E-state index contributed by atoms with van der Waals surface area (Å²) in [6.45, 7) is 5.41. The lowest BCUT2D eigenvalue weighted by molar-refractivity contribution is -0.119. The lowest BCUT2D eigenvalue weighted by atomic mass is 10.1. The lowest BCUT2D eigenvalue weighted by Gasteiger charge is -2.36. The van der Waals surface area contributed by atoms with E-state index in [-0.39, 0.29) is 11.7 Å². The molecule has 1 aliphatic rings. The zero-order chi connectivity index (χ0) is 14.0. The second-order valence-corrected chi connectivity index (χ2v) is 5.64. The monoisotopic (exact) mass is 329 g/mol. The van der Waals surface area contributed by atoms with Gasteiger partial charge in [0.25, 0.3) is 0 Å². The van der Waals surface area contributed by atoms with Gasteiger partial charge in [0.05, 0.1) is 11.0 Å². The highest BCUT2D eigenvalue weighted by Crippen LogP contribution is 2.28. The zero-order valence-corrected chi connectivity index (χ0v) is 12.4. The molecule has 1 saturated heterocycles. The first kappa shape index (κ1) is 14.3. The topological polar surface area (TPSA) is 49.6 Å². The predicted molar refractivity (Wildman–Crippen MR) is 76.7 cm³/mol. The molecule has 0 aromatic heterocycles. The van der Waals surface area contributed by atoms with E-state index in [1.807, 2.05) is 17.9 Å². The molecule has 0 atom stereocenters. The summed E-state index contributed by atoms with van der Waals surface area (Å²) < 4.78 is 13.9. The molecule has 0 unspecified atom stereocenters. The van der Waals surface area contributed by atoms with Crippen LogP contribution in [-0.4, -0.2) is 43.5 Å². The van der Waals surface area contributed by atoms with Gasteiger partial charge in [-0.3, -0.25) is 9.69 Å². The molecule has 2 rings (SSSR count). The Hall–Kier alpha value is -1.14. The Labute approximate surface area is 120 Å². The second kappa shape index (κ2) is 5.88. The van der Waals surface area contributed by atoms with Crippen LogP contribution in [0.3, 0.4) is 0 Å². The van der Waals surface area contributed by atoms with Gasteiger partial charge in [0.2, 0.25) is 5.91 Å². The Morgan fingerprint density at radius 3 is 2.58 bits per heavy atom. The van der Waals surface area contributed by atoms with Gasteiger partial charge in [-0.1, -0.05) is 0 Å². The number of aryl methyl sites for hydroxylation is 1. The van der Waals surface area contributed by atoms with Crippen molar-refractivity contribution in [2.75, 3.05) is 37.6 Å². The molecule has 104 valence electrons. The zero-order valence-electron chi connectivity index (χ0n) is 10.8. The van der Waals surface area contributed by atoms with E-state index in [1.165, 1.54) is 6.07 Å². The van der Waals surface area contributed by atoms with Crippen molar-refractivity contribution in [1.82, 2.24) is 4.90 Å². The van der Waals surface area contributed by atoms with Crippen LogP contribution in [0, 0.1) is 12.7 Å². The number of nitrogens with two attached hydrogens (primary N) is 1. The van der Waals surface area contributed by atoms with Crippen molar-refractivity contribution in [2.24, 2.45) is 5.73 Å². The van der Waals surface area contributed by atoms with E-state index in [9.17, 15) is 9.18 Å². The minimum atomic E-state index is -0.297. The third kappa shape index (κ3) is 3.45. The van der Waals surface area contributed by atoms with Crippen molar-refractivity contribution in [2.45, 2.75) is 6.92 Å². The summed E-state index contributed by atoms with van der Waals surface area (Å²) in [6, 6.07) is 3.35. The number of amides is 1. The molecule has 2 N–H and O–H groups in total. The number of carbonyl (C=O) groups excluding carboxylic acids is 1. The van der Waals surface area contributed by atoms with Gasteiger partial charge in [-0.2, -0.15) is 0 Å². The summed E-state index contributed by atoms with van der Waals surface area (Å²) in [5.74, 6) is -0.539. The molecule has 0 aliphatic carbocycles. The Morgan fingerprint density at radius 1 is 1.37 bits per heavy atom. The molecule has 4 nitrogen and oxygen atoms in total. The number of nitrogens with zero attached hydrogens (tertiary/aromatic N) is 2. The van der Waals surface area contributed by atoms with Crippen molar-refractivity contribution in [3.63, 3.8) is 0 Å². The highest BCUT2D eigenvalue weighted by molar-refractivity contribution is 9.10. The van der Waals surface area contributed by atoms with Crippen molar-refractivity contribution in [1.29, 1.82) is 0 Å². The van der Waals surface area contributed by atoms with Crippen molar-refractivity contribution >= 4 is 27.5 Å². The smallest absolute Gasteiger partial charge is 0.231 e. The molecule has 1 aromatic rings. The number of anilines is 1. The Balaban J connectivity index is 2.05. The van der Waals surface area contributed by atoms with Gasteiger partial charge in [0.1, 0.15) is 5.82 Å². The molecule has 1 aliphatic heterocycles. The predicted octanol–water partition coefficient (Wildman–Crippen LogP) is 1.50. The summed E-state index contributed by atoms with van der Waals surface area (Å²) in [7, 11) is 0. The summed E-state index contributed by atoms with van der Waals surface area (Å²) >= 11 is 3.22. The van der Waals surface area contributed by atoms with Crippen LogP contribution in [-0.2, 0) is 4.79 Å². The van der Waals surface area contributed by atoms with Gasteiger partial charge >= 0.3 is 0 Å². The van der Waals surface area contributed by atoms with E-state index in [0.29, 0.717) is 11.0 Å². The third-order valence-corrected chi connectivity index (χ3v) is 3.94. The number of hydrogen-bond acceptors (Lipinski definition) is 3. The van der Waals surface area contributed by atoms with Gasteiger partial charge in [-0.25, -0.2) is 4.39 Å². The minimum Gasteiger partial charge on any atom is -0.369 e. The molecule has 0 saturated carbocycles. The van der Waals surface area contributed by atoms with Crippen LogP contribution in [0.25, 0.3) is 0 Å². The van der Waals surface area contributed by atoms with E-state index in [0.717, 1.165) is 37.4 Å². The molecule has 0 spiro atoms. The standard InChI is InChI=1S/C13H17BrFN3O/c1-9-6-11(15)10(14)7-12(9)18-4-2-17(3-5-18)8-13(16)19/h6-7H,2-5,8H2,1H3,(H2,16,19). The number of carbonyl (C=O) groups is 1. The highest BCUT2D eigenvalue weighted by atomic mass is 79.9. The Morgan fingerprint density at radius 2 is 2.00 bits per heavy atom. The number of halogens is 2. The first-order valence-electron chi connectivity index (χ1n) is 6.18. The number of rotatable bonds is 3. The molecule has 0 bridgehead atoms. The van der Waals surface area contributed by atoms with Crippen LogP contribution in [0.2, 0.25) is 0 Å². The minimum absolute atomic E-state index is 0.242. The second-order valence-electron chi connectivity index (χ2n) is 4.78. The molecule has 1 aromatic carbocycles. The normalized spacial score (nSPS) is 16.7. The maximum absolute atomic E-state index is 13.4. The summed E-state index contributed by atoms with van der Waals surface area (Å²) in [4.78, 5) is 15.1. The number of hydrogen-bond donors (Lipinski definition) is 1. The van der Waals surface area contributed by atoms with Crippen LogP contribution in [0.5, 0.6) is 0 Å². The average molecular weight is 330 g/mol. The molecule has 1 fully saturated rings. The number of piperazine rings is 1. The van der Waals surface area contributed by atoms with Crippen LogP contribution >= 0.6 is 15.9 Å². The van der Waals surface area contributed by atoms with Gasteiger partial charge in [-0.05, 0) is 40.5 Å². The molecule has 19 heavy (non-hydrogen) atoms. The molecule has 1 amide bonds. The SMILES string of the molecule is Cc1cc(F)c(Br)cc1N1CCN(CC(N)=O)CC1. The van der Waals surface area contributed by atoms with Gasteiger partial charge in [0, 0.05) is 31.9 Å². The maximum atomic E-state index is 13.4. The van der Waals surface area contributed by atoms with E-state index >= 15 is 0 Å². The van der Waals surface area contributed by atoms with Crippen molar-refractivity contribution in [3.8, 4) is 0 Å². The Bertz CT molecular complexity index is 487. The largest absolute Gasteiger partial charge is 0.369 e. The molecular formula is C13H17BrFN3O. The third-order valence-electron chi connectivity index (χ3n) is 3.33. The van der Waals surface area contributed by atoms with E-state index < -0.39 is 0 Å². The lowest BCUT2D eigenvalue weighted by Crippen LogP contribution is -2.49. The highest BCUT2D eigenvalue weighted by Gasteiger charge is 2.20.